The van der Waals surface area contributed by atoms with E-state index in [4.69, 9.17) is 4.52 Å². The van der Waals surface area contributed by atoms with Gasteiger partial charge in [-0.3, -0.25) is 9.59 Å². The number of thioether (sulfide) groups is 1. The monoisotopic (exact) mass is 355 g/mol. The van der Waals surface area contributed by atoms with E-state index in [-0.39, 0.29) is 29.9 Å². The Hall–Kier alpha value is -1.54. The molecule has 8 heteroatoms. The maximum absolute atomic E-state index is 12.5. The molecular weight excluding hydrogens is 330 g/mol. The highest BCUT2D eigenvalue weighted by atomic mass is 32.2. The predicted octanol–water partition coefficient (Wildman–Crippen LogP) is 1.81. The summed E-state index contributed by atoms with van der Waals surface area (Å²) in [5.41, 5.74) is -0.410. The molecule has 1 fully saturated rings. The SMILES string of the molecule is CCC[C@@]1(CO)CCCN1C(=O)CSCC(=O)Nc1cc(C)on1. The molecule has 134 valence electrons. The Morgan fingerprint density at radius 3 is 2.92 bits per heavy atom. The van der Waals surface area contributed by atoms with Crippen LogP contribution in [0.5, 0.6) is 0 Å². The van der Waals surface area contributed by atoms with E-state index >= 15 is 0 Å². The van der Waals surface area contributed by atoms with E-state index in [0.717, 1.165) is 25.7 Å². The second kappa shape index (κ2) is 8.53. The molecule has 0 spiro atoms. The molecule has 1 aromatic rings. The van der Waals surface area contributed by atoms with Crippen LogP contribution < -0.4 is 5.32 Å². The zero-order valence-electron chi connectivity index (χ0n) is 14.2. The average molecular weight is 355 g/mol. The summed E-state index contributed by atoms with van der Waals surface area (Å²) in [5, 5.41) is 16.1. The van der Waals surface area contributed by atoms with Gasteiger partial charge in [0.2, 0.25) is 11.8 Å². The van der Waals surface area contributed by atoms with Crippen molar-refractivity contribution < 1.29 is 19.2 Å². The molecule has 1 aliphatic heterocycles. The Labute approximate surface area is 146 Å². The summed E-state index contributed by atoms with van der Waals surface area (Å²) >= 11 is 1.27. The minimum absolute atomic E-state index is 0.00322. The molecular formula is C16H25N3O4S. The number of likely N-dealkylation sites (tertiary alicyclic amines) is 1. The van der Waals surface area contributed by atoms with Gasteiger partial charge in [-0.1, -0.05) is 18.5 Å². The van der Waals surface area contributed by atoms with Crippen LogP contribution in [0.25, 0.3) is 0 Å². The number of amides is 2. The van der Waals surface area contributed by atoms with Gasteiger partial charge in [0.25, 0.3) is 0 Å². The molecule has 2 rings (SSSR count). The standard InChI is InChI=1S/C16H25N3O4S/c1-3-5-16(11-20)6-4-7-19(16)15(22)10-24-9-14(21)17-13-8-12(2)23-18-13/h8,20H,3-7,9-11H2,1-2H3,(H,17,18,21)/t16-/m0/s1. The quantitative estimate of drug-likeness (QED) is 0.738. The van der Waals surface area contributed by atoms with Gasteiger partial charge in [-0.25, -0.2) is 0 Å². The molecule has 24 heavy (non-hydrogen) atoms. The Morgan fingerprint density at radius 2 is 2.29 bits per heavy atom. The van der Waals surface area contributed by atoms with Gasteiger partial charge in [0.15, 0.2) is 5.82 Å². The number of aryl methyl sites for hydroxylation is 1. The van der Waals surface area contributed by atoms with Gasteiger partial charge in [-0.15, -0.1) is 11.8 Å². The lowest BCUT2D eigenvalue weighted by atomic mass is 9.91. The fraction of sp³-hybridized carbons (Fsp3) is 0.688. The van der Waals surface area contributed by atoms with Crippen LogP contribution in [-0.4, -0.2) is 57.2 Å². The van der Waals surface area contributed by atoms with Crippen LogP contribution in [0, 0.1) is 6.92 Å². The normalized spacial score (nSPS) is 20.4. The van der Waals surface area contributed by atoms with Crippen LogP contribution in [0.3, 0.4) is 0 Å². The second-order valence-corrected chi connectivity index (χ2v) is 7.13. The Kier molecular flexibility index (Phi) is 6.68. The van der Waals surface area contributed by atoms with Gasteiger partial charge >= 0.3 is 0 Å². The van der Waals surface area contributed by atoms with Crippen molar-refractivity contribution in [3.8, 4) is 0 Å². The molecule has 0 radical (unpaired) electrons. The highest BCUT2D eigenvalue weighted by Crippen LogP contribution is 2.33. The van der Waals surface area contributed by atoms with E-state index < -0.39 is 5.54 Å². The number of rotatable bonds is 8. The third kappa shape index (κ3) is 4.51. The molecule has 1 aromatic heterocycles. The Morgan fingerprint density at radius 1 is 1.50 bits per heavy atom. The van der Waals surface area contributed by atoms with Crippen molar-refractivity contribution in [2.45, 2.75) is 45.1 Å². The number of hydrogen-bond acceptors (Lipinski definition) is 6. The van der Waals surface area contributed by atoms with Crippen LogP contribution in [0.4, 0.5) is 5.82 Å². The van der Waals surface area contributed by atoms with Crippen LogP contribution in [0.15, 0.2) is 10.6 Å². The van der Waals surface area contributed by atoms with E-state index in [1.54, 1.807) is 13.0 Å². The van der Waals surface area contributed by atoms with Crippen molar-refractivity contribution in [3.05, 3.63) is 11.8 Å². The molecule has 1 atom stereocenters. The molecule has 7 nitrogen and oxygen atoms in total. The van der Waals surface area contributed by atoms with Gasteiger partial charge in [0.1, 0.15) is 5.76 Å². The summed E-state index contributed by atoms with van der Waals surface area (Å²) in [7, 11) is 0. The molecule has 0 aromatic carbocycles. The number of carbonyl (C=O) groups excluding carboxylic acids is 2. The van der Waals surface area contributed by atoms with Crippen LogP contribution >= 0.6 is 11.8 Å². The zero-order chi connectivity index (χ0) is 17.6. The fourth-order valence-corrected chi connectivity index (χ4v) is 3.90. The van der Waals surface area contributed by atoms with Crippen LogP contribution in [0.1, 0.15) is 38.4 Å². The zero-order valence-corrected chi connectivity index (χ0v) is 15.0. The number of hydrogen-bond donors (Lipinski definition) is 2. The number of anilines is 1. The molecule has 0 unspecified atom stereocenters. The minimum Gasteiger partial charge on any atom is -0.394 e. The van der Waals surface area contributed by atoms with Gasteiger partial charge < -0.3 is 19.8 Å². The maximum atomic E-state index is 12.5. The van der Waals surface area contributed by atoms with Crippen molar-refractivity contribution >= 4 is 29.4 Å². The molecule has 0 aliphatic carbocycles. The molecule has 2 amide bonds. The van der Waals surface area contributed by atoms with E-state index in [1.165, 1.54) is 11.8 Å². The van der Waals surface area contributed by atoms with Crippen molar-refractivity contribution in [1.29, 1.82) is 0 Å². The van der Waals surface area contributed by atoms with Crippen LogP contribution in [0.2, 0.25) is 0 Å². The van der Waals surface area contributed by atoms with E-state index in [2.05, 4.69) is 17.4 Å². The van der Waals surface area contributed by atoms with E-state index in [0.29, 0.717) is 18.1 Å². The summed E-state index contributed by atoms with van der Waals surface area (Å²) in [6, 6.07) is 1.64. The highest BCUT2D eigenvalue weighted by Gasteiger charge is 2.41. The third-order valence-electron chi connectivity index (χ3n) is 4.26. The van der Waals surface area contributed by atoms with Gasteiger partial charge in [0.05, 0.1) is 23.7 Å². The van der Waals surface area contributed by atoms with Gasteiger partial charge in [-0.2, -0.15) is 0 Å². The first-order valence-corrected chi connectivity index (χ1v) is 9.38. The van der Waals surface area contributed by atoms with E-state index in [9.17, 15) is 14.7 Å². The van der Waals surface area contributed by atoms with Crippen molar-refractivity contribution in [1.82, 2.24) is 10.1 Å². The smallest absolute Gasteiger partial charge is 0.235 e. The first kappa shape index (κ1) is 18.8. The summed E-state index contributed by atoms with van der Waals surface area (Å²) in [6.45, 7) is 4.49. The number of nitrogens with zero attached hydrogens (tertiary/aromatic N) is 2. The molecule has 1 aliphatic rings. The van der Waals surface area contributed by atoms with Gasteiger partial charge in [0, 0.05) is 12.6 Å². The van der Waals surface area contributed by atoms with Crippen molar-refractivity contribution in [2.24, 2.45) is 0 Å². The average Bonchev–Trinajstić information content (AvgIpc) is 3.14. The Balaban J connectivity index is 1.79. The maximum Gasteiger partial charge on any atom is 0.235 e. The summed E-state index contributed by atoms with van der Waals surface area (Å²) in [4.78, 5) is 26.1. The summed E-state index contributed by atoms with van der Waals surface area (Å²) in [5.74, 6) is 1.18. The van der Waals surface area contributed by atoms with E-state index in [1.807, 2.05) is 4.90 Å². The fourth-order valence-electron chi connectivity index (χ4n) is 3.21. The third-order valence-corrected chi connectivity index (χ3v) is 5.18. The lowest BCUT2D eigenvalue weighted by Crippen LogP contribution is -2.50. The molecule has 1 saturated heterocycles. The molecule has 0 bridgehead atoms. The molecule has 2 N–H and O–H groups in total. The topological polar surface area (TPSA) is 95.7 Å². The largest absolute Gasteiger partial charge is 0.394 e. The predicted molar refractivity (Wildman–Crippen MR) is 92.9 cm³/mol. The van der Waals surface area contributed by atoms with Crippen LogP contribution in [-0.2, 0) is 9.59 Å². The summed E-state index contributed by atoms with van der Waals surface area (Å²) < 4.78 is 4.88. The Bertz CT molecular complexity index is 577. The summed E-state index contributed by atoms with van der Waals surface area (Å²) in [6.07, 6.45) is 3.51. The van der Waals surface area contributed by atoms with Gasteiger partial charge in [-0.05, 0) is 26.2 Å². The highest BCUT2D eigenvalue weighted by molar-refractivity contribution is 8.00. The van der Waals surface area contributed by atoms with Crippen molar-refractivity contribution in [2.75, 3.05) is 30.0 Å². The number of aliphatic hydroxyl groups is 1. The second-order valence-electron chi connectivity index (χ2n) is 6.15. The first-order chi connectivity index (χ1) is 11.5. The molecule has 2 heterocycles. The lowest BCUT2D eigenvalue weighted by molar-refractivity contribution is -0.134. The first-order valence-electron chi connectivity index (χ1n) is 8.23. The lowest BCUT2D eigenvalue weighted by Gasteiger charge is -2.37. The van der Waals surface area contributed by atoms with Crippen molar-refractivity contribution in [3.63, 3.8) is 0 Å². The number of aromatic nitrogens is 1. The number of aliphatic hydroxyl groups excluding tert-OH is 1. The molecule has 0 saturated carbocycles. The number of nitrogens with one attached hydrogen (secondary N) is 1. The number of carbonyl (C=O) groups is 2. The minimum atomic E-state index is -0.410.